The third kappa shape index (κ3) is 6.56. The molecule has 0 aromatic carbocycles. The Morgan fingerprint density at radius 2 is 1.93 bits per heavy atom. The summed E-state index contributed by atoms with van der Waals surface area (Å²) in [7, 11) is 0. The minimum atomic E-state index is 0.687. The van der Waals surface area contributed by atoms with E-state index in [2.05, 4.69) is 38.7 Å². The predicted molar refractivity (Wildman–Crippen MR) is 68.7 cm³/mol. The number of nitrogens with zero attached hydrogens (tertiary/aromatic N) is 1. The molecule has 0 aliphatic heterocycles. The molecule has 15 heavy (non-hydrogen) atoms. The lowest BCUT2D eigenvalue weighted by Crippen LogP contribution is -2.29. The van der Waals surface area contributed by atoms with E-state index >= 15 is 0 Å². The fourth-order valence-electron chi connectivity index (χ4n) is 1.95. The van der Waals surface area contributed by atoms with Gasteiger partial charge in [0.25, 0.3) is 0 Å². The number of hydrogen-bond acceptors (Lipinski definition) is 2. The third-order valence-electron chi connectivity index (χ3n) is 2.66. The summed E-state index contributed by atoms with van der Waals surface area (Å²) in [6.45, 7) is 11.8. The zero-order valence-corrected chi connectivity index (χ0v) is 10.9. The quantitative estimate of drug-likeness (QED) is 0.670. The summed E-state index contributed by atoms with van der Waals surface area (Å²) < 4.78 is 0. The second-order valence-corrected chi connectivity index (χ2v) is 4.35. The van der Waals surface area contributed by atoms with Gasteiger partial charge >= 0.3 is 0 Å². The topological polar surface area (TPSA) is 29.3 Å². The minimum absolute atomic E-state index is 0.687. The van der Waals surface area contributed by atoms with Crippen LogP contribution in [0.4, 0.5) is 0 Å². The van der Waals surface area contributed by atoms with Gasteiger partial charge in [-0.3, -0.25) is 0 Å². The van der Waals surface area contributed by atoms with Gasteiger partial charge < -0.3 is 10.6 Å². The summed E-state index contributed by atoms with van der Waals surface area (Å²) in [6.07, 6.45) is 6.11. The van der Waals surface area contributed by atoms with Gasteiger partial charge in [0.1, 0.15) is 0 Å². The molecule has 90 valence electrons. The maximum atomic E-state index is 5.62. The molecule has 0 heterocycles. The van der Waals surface area contributed by atoms with Crippen LogP contribution in [0.25, 0.3) is 0 Å². The Kier molecular flexibility index (Phi) is 8.49. The van der Waals surface area contributed by atoms with E-state index in [4.69, 9.17) is 5.73 Å². The molecule has 2 N–H and O–H groups in total. The van der Waals surface area contributed by atoms with Crippen LogP contribution >= 0.6 is 0 Å². The highest BCUT2D eigenvalue weighted by Gasteiger charge is 2.04. The second-order valence-electron chi connectivity index (χ2n) is 4.35. The van der Waals surface area contributed by atoms with Crippen molar-refractivity contribution in [1.82, 2.24) is 4.90 Å². The standard InChI is InChI=1S/C13H28N2/c1-5-7-12(3)11-13(4)15(9-6-2)10-8-14/h11-12H,5-10,14H2,1-4H3/b13-11+. The first-order chi connectivity index (χ1) is 7.15. The van der Waals surface area contributed by atoms with Crippen molar-refractivity contribution in [2.75, 3.05) is 19.6 Å². The van der Waals surface area contributed by atoms with E-state index in [1.54, 1.807) is 0 Å². The normalized spacial score (nSPS) is 14.1. The van der Waals surface area contributed by atoms with Gasteiger partial charge in [-0.1, -0.05) is 33.3 Å². The second kappa shape index (κ2) is 8.78. The first-order valence-corrected chi connectivity index (χ1v) is 6.29. The third-order valence-corrected chi connectivity index (χ3v) is 2.66. The van der Waals surface area contributed by atoms with Crippen molar-refractivity contribution in [3.05, 3.63) is 11.8 Å². The SMILES string of the molecule is CCCC(C)/C=C(\C)N(CCC)CCN. The highest BCUT2D eigenvalue weighted by atomic mass is 15.1. The van der Waals surface area contributed by atoms with E-state index < -0.39 is 0 Å². The Morgan fingerprint density at radius 1 is 1.27 bits per heavy atom. The molecule has 2 nitrogen and oxygen atoms in total. The Labute approximate surface area is 95.5 Å². The highest BCUT2D eigenvalue weighted by Crippen LogP contribution is 2.12. The zero-order valence-electron chi connectivity index (χ0n) is 10.9. The Balaban J connectivity index is 4.25. The van der Waals surface area contributed by atoms with Crippen LogP contribution in [0.1, 0.15) is 47.0 Å². The maximum absolute atomic E-state index is 5.62. The molecule has 0 fully saturated rings. The highest BCUT2D eigenvalue weighted by molar-refractivity contribution is 5.00. The van der Waals surface area contributed by atoms with Crippen LogP contribution in [-0.2, 0) is 0 Å². The summed E-state index contributed by atoms with van der Waals surface area (Å²) in [6, 6.07) is 0. The fourth-order valence-corrected chi connectivity index (χ4v) is 1.95. The average molecular weight is 212 g/mol. The van der Waals surface area contributed by atoms with Crippen molar-refractivity contribution in [2.45, 2.75) is 47.0 Å². The molecular formula is C13H28N2. The van der Waals surface area contributed by atoms with Crippen molar-refractivity contribution in [3.8, 4) is 0 Å². The van der Waals surface area contributed by atoms with Crippen molar-refractivity contribution in [3.63, 3.8) is 0 Å². The first kappa shape index (κ1) is 14.5. The first-order valence-electron chi connectivity index (χ1n) is 6.29. The molecule has 1 atom stereocenters. The van der Waals surface area contributed by atoms with Gasteiger partial charge in [-0.05, 0) is 25.7 Å². The van der Waals surface area contributed by atoms with E-state index in [0.29, 0.717) is 5.92 Å². The van der Waals surface area contributed by atoms with Crippen LogP contribution in [0.2, 0.25) is 0 Å². The zero-order chi connectivity index (χ0) is 11.7. The Bertz CT molecular complexity index is 169. The van der Waals surface area contributed by atoms with E-state index in [0.717, 1.165) is 19.6 Å². The van der Waals surface area contributed by atoms with Crippen molar-refractivity contribution >= 4 is 0 Å². The predicted octanol–water partition coefficient (Wildman–Crippen LogP) is 3.00. The molecule has 0 spiro atoms. The molecule has 0 radical (unpaired) electrons. The molecular weight excluding hydrogens is 184 g/mol. The van der Waals surface area contributed by atoms with Gasteiger partial charge in [0.2, 0.25) is 0 Å². The molecule has 1 unspecified atom stereocenters. The summed E-state index contributed by atoms with van der Waals surface area (Å²) >= 11 is 0. The molecule has 0 bridgehead atoms. The Morgan fingerprint density at radius 3 is 2.40 bits per heavy atom. The molecule has 0 amide bonds. The van der Waals surface area contributed by atoms with Crippen LogP contribution < -0.4 is 5.73 Å². The van der Waals surface area contributed by atoms with Crippen molar-refractivity contribution in [1.29, 1.82) is 0 Å². The van der Waals surface area contributed by atoms with Crippen molar-refractivity contribution < 1.29 is 0 Å². The van der Waals surface area contributed by atoms with Gasteiger partial charge in [-0.2, -0.15) is 0 Å². The molecule has 0 aliphatic carbocycles. The van der Waals surface area contributed by atoms with Crippen LogP contribution in [0.3, 0.4) is 0 Å². The number of nitrogens with two attached hydrogens (primary N) is 1. The van der Waals surface area contributed by atoms with Crippen LogP contribution in [0.5, 0.6) is 0 Å². The molecule has 0 aliphatic rings. The average Bonchev–Trinajstić information content (AvgIpc) is 2.17. The van der Waals surface area contributed by atoms with E-state index in [-0.39, 0.29) is 0 Å². The minimum Gasteiger partial charge on any atom is -0.374 e. The summed E-state index contributed by atoms with van der Waals surface area (Å²) in [4.78, 5) is 2.40. The van der Waals surface area contributed by atoms with Gasteiger partial charge in [-0.25, -0.2) is 0 Å². The lowest BCUT2D eigenvalue weighted by molar-refractivity contribution is 0.349. The summed E-state index contributed by atoms with van der Waals surface area (Å²) in [5.74, 6) is 0.687. The van der Waals surface area contributed by atoms with Crippen LogP contribution in [0, 0.1) is 5.92 Å². The number of allylic oxidation sites excluding steroid dienone is 2. The molecule has 0 saturated heterocycles. The van der Waals surface area contributed by atoms with Gasteiger partial charge in [0.05, 0.1) is 0 Å². The van der Waals surface area contributed by atoms with E-state index in [9.17, 15) is 0 Å². The summed E-state index contributed by atoms with van der Waals surface area (Å²) in [5, 5.41) is 0. The van der Waals surface area contributed by atoms with Gasteiger partial charge in [0.15, 0.2) is 0 Å². The lowest BCUT2D eigenvalue weighted by atomic mass is 10.0. The van der Waals surface area contributed by atoms with E-state index in [1.165, 1.54) is 25.0 Å². The monoisotopic (exact) mass is 212 g/mol. The van der Waals surface area contributed by atoms with Gasteiger partial charge in [0, 0.05) is 25.3 Å². The molecule has 0 saturated carbocycles. The number of rotatable bonds is 8. The maximum Gasteiger partial charge on any atom is 0.0297 e. The lowest BCUT2D eigenvalue weighted by Gasteiger charge is -2.25. The Hall–Kier alpha value is -0.500. The smallest absolute Gasteiger partial charge is 0.0297 e. The summed E-state index contributed by atoms with van der Waals surface area (Å²) in [5.41, 5.74) is 7.01. The van der Waals surface area contributed by atoms with Crippen LogP contribution in [0.15, 0.2) is 11.8 Å². The van der Waals surface area contributed by atoms with Gasteiger partial charge in [-0.15, -0.1) is 0 Å². The number of hydrogen-bond donors (Lipinski definition) is 1. The molecule has 0 aromatic heterocycles. The van der Waals surface area contributed by atoms with E-state index in [1.807, 2.05) is 0 Å². The fraction of sp³-hybridized carbons (Fsp3) is 0.846. The molecule has 0 rings (SSSR count). The molecule has 0 aromatic rings. The van der Waals surface area contributed by atoms with Crippen LogP contribution in [-0.4, -0.2) is 24.5 Å². The largest absolute Gasteiger partial charge is 0.374 e. The molecule has 2 heteroatoms. The van der Waals surface area contributed by atoms with Crippen molar-refractivity contribution in [2.24, 2.45) is 11.7 Å².